The van der Waals surface area contributed by atoms with Crippen LogP contribution in [0.2, 0.25) is 10.0 Å². The van der Waals surface area contributed by atoms with Gasteiger partial charge < -0.3 is 0 Å². The molecule has 0 radical (unpaired) electrons. The first kappa shape index (κ1) is 17.8. The molecule has 27 heavy (non-hydrogen) atoms. The van der Waals surface area contributed by atoms with Crippen LogP contribution in [0.4, 0.5) is 0 Å². The van der Waals surface area contributed by atoms with E-state index in [-0.39, 0.29) is 5.92 Å². The summed E-state index contributed by atoms with van der Waals surface area (Å²) < 4.78 is 1.85. The van der Waals surface area contributed by atoms with Gasteiger partial charge in [0, 0.05) is 21.5 Å². The lowest BCUT2D eigenvalue weighted by atomic mass is 9.90. The van der Waals surface area contributed by atoms with Crippen molar-refractivity contribution in [3.05, 3.63) is 107 Å². The standard InChI is InChI=1S/C22H17Cl2N3/c23-19-11-9-18(10-12-19)21(13-27-15-25-14-26-27)17-7-5-16(6-8-17)20-3-1-2-4-22(20)24/h1-12,14-15,21H,13H2. The van der Waals surface area contributed by atoms with E-state index < -0.39 is 0 Å². The van der Waals surface area contributed by atoms with Crippen LogP contribution in [0.1, 0.15) is 17.0 Å². The Morgan fingerprint density at radius 1 is 0.815 bits per heavy atom. The minimum Gasteiger partial charge on any atom is -0.252 e. The van der Waals surface area contributed by atoms with E-state index in [1.165, 1.54) is 11.1 Å². The minimum atomic E-state index is 0.143. The zero-order valence-corrected chi connectivity index (χ0v) is 16.0. The van der Waals surface area contributed by atoms with Crippen molar-refractivity contribution in [2.24, 2.45) is 0 Å². The van der Waals surface area contributed by atoms with Gasteiger partial charge in [-0.2, -0.15) is 5.10 Å². The molecule has 134 valence electrons. The van der Waals surface area contributed by atoms with Crippen molar-refractivity contribution < 1.29 is 0 Å². The molecule has 3 aromatic carbocycles. The molecule has 1 heterocycles. The average Bonchev–Trinajstić information content (AvgIpc) is 3.21. The Kier molecular flexibility index (Phi) is 5.23. The lowest BCUT2D eigenvalue weighted by molar-refractivity contribution is 0.562. The van der Waals surface area contributed by atoms with Crippen molar-refractivity contribution in [2.45, 2.75) is 12.5 Å². The molecule has 4 rings (SSSR count). The molecule has 0 saturated carbocycles. The monoisotopic (exact) mass is 393 g/mol. The number of benzene rings is 3. The van der Waals surface area contributed by atoms with Crippen molar-refractivity contribution in [1.29, 1.82) is 0 Å². The van der Waals surface area contributed by atoms with Crippen LogP contribution in [-0.2, 0) is 6.54 Å². The van der Waals surface area contributed by atoms with Crippen molar-refractivity contribution >= 4 is 23.2 Å². The molecule has 1 atom stereocenters. The van der Waals surface area contributed by atoms with E-state index in [2.05, 4.69) is 46.5 Å². The summed E-state index contributed by atoms with van der Waals surface area (Å²) in [6, 6.07) is 24.4. The molecule has 4 aromatic rings. The minimum absolute atomic E-state index is 0.143. The van der Waals surface area contributed by atoms with Crippen molar-refractivity contribution in [3.8, 4) is 11.1 Å². The maximum absolute atomic E-state index is 6.34. The van der Waals surface area contributed by atoms with Gasteiger partial charge in [0.15, 0.2) is 0 Å². The second-order valence-electron chi connectivity index (χ2n) is 6.32. The quantitative estimate of drug-likeness (QED) is 0.411. The van der Waals surface area contributed by atoms with Crippen LogP contribution in [-0.4, -0.2) is 14.8 Å². The predicted octanol–water partition coefficient (Wildman–Crippen LogP) is 6.08. The number of halogens is 2. The fraction of sp³-hybridized carbons (Fsp3) is 0.0909. The molecule has 0 amide bonds. The lowest BCUT2D eigenvalue weighted by Gasteiger charge is -2.19. The van der Waals surface area contributed by atoms with Crippen molar-refractivity contribution in [3.63, 3.8) is 0 Å². The zero-order valence-electron chi connectivity index (χ0n) is 14.5. The first-order chi connectivity index (χ1) is 13.2. The molecule has 1 unspecified atom stereocenters. The van der Waals surface area contributed by atoms with Crippen molar-refractivity contribution in [2.75, 3.05) is 0 Å². The van der Waals surface area contributed by atoms with Gasteiger partial charge in [0.25, 0.3) is 0 Å². The number of hydrogen-bond acceptors (Lipinski definition) is 2. The molecule has 0 spiro atoms. The van der Waals surface area contributed by atoms with Crippen LogP contribution in [0, 0.1) is 0 Å². The van der Waals surface area contributed by atoms with E-state index in [9.17, 15) is 0 Å². The topological polar surface area (TPSA) is 30.7 Å². The SMILES string of the molecule is Clc1ccc(C(Cn2cncn2)c2ccc(-c3ccccc3Cl)cc2)cc1. The highest BCUT2D eigenvalue weighted by Crippen LogP contribution is 2.31. The van der Waals surface area contributed by atoms with E-state index in [0.717, 1.165) is 21.2 Å². The smallest absolute Gasteiger partial charge is 0.137 e. The molecule has 0 N–H and O–H groups in total. The first-order valence-corrected chi connectivity index (χ1v) is 9.39. The van der Waals surface area contributed by atoms with Crippen LogP contribution < -0.4 is 0 Å². The number of hydrogen-bond donors (Lipinski definition) is 0. The third-order valence-electron chi connectivity index (χ3n) is 4.61. The number of rotatable bonds is 5. The maximum Gasteiger partial charge on any atom is 0.137 e. The Labute approximate surface area is 168 Å². The summed E-state index contributed by atoms with van der Waals surface area (Å²) in [7, 11) is 0. The van der Waals surface area contributed by atoms with Crippen LogP contribution in [0.15, 0.2) is 85.5 Å². The average molecular weight is 394 g/mol. The molecule has 0 fully saturated rings. The van der Waals surface area contributed by atoms with Gasteiger partial charge in [-0.25, -0.2) is 4.98 Å². The van der Waals surface area contributed by atoms with E-state index in [4.69, 9.17) is 23.2 Å². The molecule has 0 bridgehead atoms. The molecule has 0 aliphatic heterocycles. The summed E-state index contributed by atoms with van der Waals surface area (Å²) in [5, 5.41) is 5.74. The largest absolute Gasteiger partial charge is 0.252 e. The summed E-state index contributed by atoms with van der Waals surface area (Å²) in [6.45, 7) is 0.701. The van der Waals surface area contributed by atoms with Gasteiger partial charge in [-0.05, 0) is 34.9 Å². The van der Waals surface area contributed by atoms with Gasteiger partial charge in [0.2, 0.25) is 0 Å². The molecule has 0 saturated heterocycles. The molecule has 3 nitrogen and oxygen atoms in total. The third kappa shape index (κ3) is 4.05. The van der Waals surface area contributed by atoms with Crippen LogP contribution in [0.25, 0.3) is 11.1 Å². The molecule has 5 heteroatoms. The highest BCUT2D eigenvalue weighted by molar-refractivity contribution is 6.33. The second-order valence-corrected chi connectivity index (χ2v) is 7.17. The summed E-state index contributed by atoms with van der Waals surface area (Å²) in [4.78, 5) is 4.06. The number of aromatic nitrogens is 3. The Bertz CT molecular complexity index is 1010. The van der Waals surface area contributed by atoms with Gasteiger partial charge in [0.05, 0.1) is 6.54 Å². The molecule has 0 aliphatic rings. The second kappa shape index (κ2) is 7.95. The lowest BCUT2D eigenvalue weighted by Crippen LogP contribution is -2.11. The van der Waals surface area contributed by atoms with E-state index >= 15 is 0 Å². The van der Waals surface area contributed by atoms with Crippen LogP contribution >= 0.6 is 23.2 Å². The highest BCUT2D eigenvalue weighted by atomic mass is 35.5. The molecule has 1 aromatic heterocycles. The van der Waals surface area contributed by atoms with Crippen LogP contribution in [0.3, 0.4) is 0 Å². The molecular weight excluding hydrogens is 377 g/mol. The summed E-state index contributed by atoms with van der Waals surface area (Å²) in [5.41, 5.74) is 4.51. The van der Waals surface area contributed by atoms with Gasteiger partial charge in [-0.15, -0.1) is 0 Å². The Morgan fingerprint density at radius 3 is 2.11 bits per heavy atom. The predicted molar refractivity (Wildman–Crippen MR) is 110 cm³/mol. The Balaban J connectivity index is 1.69. The normalized spacial score (nSPS) is 12.1. The zero-order chi connectivity index (χ0) is 18.6. The fourth-order valence-corrected chi connectivity index (χ4v) is 3.57. The summed E-state index contributed by atoms with van der Waals surface area (Å²) in [6.07, 6.45) is 3.29. The fourth-order valence-electron chi connectivity index (χ4n) is 3.20. The van der Waals surface area contributed by atoms with E-state index in [1.54, 1.807) is 12.7 Å². The van der Waals surface area contributed by atoms with Gasteiger partial charge in [0.1, 0.15) is 12.7 Å². The van der Waals surface area contributed by atoms with Gasteiger partial charge >= 0.3 is 0 Å². The van der Waals surface area contributed by atoms with Crippen molar-refractivity contribution in [1.82, 2.24) is 14.8 Å². The highest BCUT2D eigenvalue weighted by Gasteiger charge is 2.16. The van der Waals surface area contributed by atoms with Gasteiger partial charge in [-0.3, -0.25) is 4.68 Å². The number of nitrogens with zero attached hydrogens (tertiary/aromatic N) is 3. The molecular formula is C22H17Cl2N3. The van der Waals surface area contributed by atoms with Gasteiger partial charge in [-0.1, -0.05) is 77.8 Å². The maximum atomic E-state index is 6.34. The summed E-state index contributed by atoms with van der Waals surface area (Å²) >= 11 is 12.4. The Hall–Kier alpha value is -2.62. The van der Waals surface area contributed by atoms with E-state index in [1.807, 2.05) is 41.1 Å². The van der Waals surface area contributed by atoms with Crippen LogP contribution in [0.5, 0.6) is 0 Å². The Morgan fingerprint density at radius 2 is 1.48 bits per heavy atom. The molecule has 0 aliphatic carbocycles. The third-order valence-corrected chi connectivity index (χ3v) is 5.19. The van der Waals surface area contributed by atoms with E-state index in [0.29, 0.717) is 6.54 Å². The summed E-state index contributed by atoms with van der Waals surface area (Å²) in [5.74, 6) is 0.143. The first-order valence-electron chi connectivity index (χ1n) is 8.63.